The normalized spacial score (nSPS) is 10.2. The minimum absolute atomic E-state index is 0. The number of pyridine rings is 1. The molecule has 1 N–H and O–H groups in total. The molecule has 0 amide bonds. The second kappa shape index (κ2) is 12.6. The highest BCUT2D eigenvalue weighted by atomic mass is 79.9. The number of aliphatic hydroxyl groups is 1. The van der Waals surface area contributed by atoms with Gasteiger partial charge in [-0.05, 0) is 25.8 Å². The standard InChI is InChI=1S/C16H28NO.BrH/c1-16-11-10-13-17(15-16)12-8-6-4-2-3-5-7-9-14-18;/h10-11,13,15,18H,2-9,12,14H2,1H3;1H/q+1;/p-1. The van der Waals surface area contributed by atoms with E-state index in [0.29, 0.717) is 6.61 Å². The van der Waals surface area contributed by atoms with Crippen LogP contribution in [-0.2, 0) is 6.54 Å². The Bertz CT molecular complexity index is 317. The number of aliphatic hydroxyl groups excluding tert-OH is 1. The first-order chi connectivity index (χ1) is 8.83. The van der Waals surface area contributed by atoms with Crippen LogP contribution in [0.3, 0.4) is 0 Å². The molecule has 1 rings (SSSR count). The molecule has 0 saturated heterocycles. The maximum Gasteiger partial charge on any atom is 0.171 e. The zero-order valence-corrected chi connectivity index (χ0v) is 13.7. The van der Waals surface area contributed by atoms with Crippen molar-refractivity contribution in [3.8, 4) is 0 Å². The van der Waals surface area contributed by atoms with Crippen LogP contribution in [-0.4, -0.2) is 11.7 Å². The Morgan fingerprint density at radius 1 is 0.947 bits per heavy atom. The Labute approximate surface area is 128 Å². The monoisotopic (exact) mass is 329 g/mol. The quantitative estimate of drug-likeness (QED) is 0.487. The lowest BCUT2D eigenvalue weighted by Gasteiger charge is -2.01. The fraction of sp³-hybridized carbons (Fsp3) is 0.688. The minimum atomic E-state index is 0. The Hall–Kier alpha value is -0.410. The molecule has 0 aliphatic carbocycles. The van der Waals surface area contributed by atoms with Gasteiger partial charge in [-0.1, -0.05) is 32.1 Å². The van der Waals surface area contributed by atoms with Crippen LogP contribution in [0.1, 0.15) is 56.9 Å². The first kappa shape index (κ1) is 18.6. The molecular weight excluding hydrogens is 302 g/mol. The number of hydrogen-bond acceptors (Lipinski definition) is 1. The first-order valence-electron chi connectivity index (χ1n) is 7.39. The van der Waals surface area contributed by atoms with Gasteiger partial charge in [0.05, 0.1) is 0 Å². The van der Waals surface area contributed by atoms with Gasteiger partial charge in [0, 0.05) is 24.7 Å². The third-order valence-corrected chi connectivity index (χ3v) is 3.33. The summed E-state index contributed by atoms with van der Waals surface area (Å²) in [6, 6.07) is 4.26. The number of nitrogens with zero attached hydrogens (tertiary/aromatic N) is 1. The van der Waals surface area contributed by atoms with E-state index in [0.717, 1.165) is 13.0 Å². The Balaban J connectivity index is 0.00000324. The van der Waals surface area contributed by atoms with E-state index < -0.39 is 0 Å². The molecule has 0 aliphatic heterocycles. The fourth-order valence-electron chi connectivity index (χ4n) is 2.26. The van der Waals surface area contributed by atoms with Crippen molar-refractivity contribution < 1.29 is 26.7 Å². The number of hydrogen-bond donors (Lipinski definition) is 1. The molecule has 0 saturated carbocycles. The molecule has 0 aliphatic rings. The maximum atomic E-state index is 8.66. The smallest absolute Gasteiger partial charge is 0.171 e. The van der Waals surface area contributed by atoms with Gasteiger partial charge in [0.1, 0.15) is 6.54 Å². The summed E-state index contributed by atoms with van der Waals surface area (Å²) in [5.74, 6) is 0. The molecule has 0 bridgehead atoms. The highest BCUT2D eigenvalue weighted by Gasteiger charge is 1.99. The summed E-state index contributed by atoms with van der Waals surface area (Å²) in [5.41, 5.74) is 1.33. The molecule has 19 heavy (non-hydrogen) atoms. The lowest BCUT2D eigenvalue weighted by Crippen LogP contribution is -3.00. The molecule has 0 aromatic carbocycles. The maximum absolute atomic E-state index is 8.66. The summed E-state index contributed by atoms with van der Waals surface area (Å²) >= 11 is 0. The zero-order chi connectivity index (χ0) is 13.1. The van der Waals surface area contributed by atoms with E-state index in [-0.39, 0.29) is 17.0 Å². The molecule has 0 fully saturated rings. The number of aromatic nitrogens is 1. The van der Waals surface area contributed by atoms with Gasteiger partial charge in [0.2, 0.25) is 0 Å². The minimum Gasteiger partial charge on any atom is -1.00 e. The van der Waals surface area contributed by atoms with Crippen LogP contribution in [0.25, 0.3) is 0 Å². The number of rotatable bonds is 10. The Kier molecular flexibility index (Phi) is 12.3. The molecule has 1 aromatic rings. The van der Waals surface area contributed by atoms with Crippen molar-refractivity contribution in [2.24, 2.45) is 0 Å². The van der Waals surface area contributed by atoms with E-state index in [1.807, 2.05) is 0 Å². The summed E-state index contributed by atoms with van der Waals surface area (Å²) in [6.45, 7) is 3.64. The Morgan fingerprint density at radius 3 is 2.11 bits per heavy atom. The number of aryl methyl sites for hydroxylation is 2. The summed E-state index contributed by atoms with van der Waals surface area (Å²) in [4.78, 5) is 0. The van der Waals surface area contributed by atoms with Gasteiger partial charge in [0.15, 0.2) is 12.4 Å². The molecule has 110 valence electrons. The van der Waals surface area contributed by atoms with Crippen LogP contribution in [0.15, 0.2) is 24.5 Å². The topological polar surface area (TPSA) is 24.1 Å². The van der Waals surface area contributed by atoms with Crippen LogP contribution in [0.4, 0.5) is 0 Å². The van der Waals surface area contributed by atoms with Gasteiger partial charge in [-0.2, -0.15) is 0 Å². The van der Waals surface area contributed by atoms with Crippen LogP contribution < -0.4 is 21.5 Å². The van der Waals surface area contributed by atoms with E-state index in [2.05, 4.69) is 36.0 Å². The fourth-order valence-corrected chi connectivity index (χ4v) is 2.26. The van der Waals surface area contributed by atoms with Crippen LogP contribution >= 0.6 is 0 Å². The largest absolute Gasteiger partial charge is 1.00 e. The van der Waals surface area contributed by atoms with Crippen molar-refractivity contribution in [3.05, 3.63) is 30.1 Å². The van der Waals surface area contributed by atoms with E-state index in [4.69, 9.17) is 5.11 Å². The SMILES string of the molecule is Cc1ccc[n+](CCCCCCCCCCO)c1.[Br-]. The molecule has 0 spiro atoms. The average molecular weight is 330 g/mol. The van der Waals surface area contributed by atoms with Gasteiger partial charge >= 0.3 is 0 Å². The lowest BCUT2D eigenvalue weighted by atomic mass is 10.1. The van der Waals surface area contributed by atoms with Crippen molar-refractivity contribution >= 4 is 0 Å². The molecule has 1 heterocycles. The van der Waals surface area contributed by atoms with Crippen LogP contribution in [0.5, 0.6) is 0 Å². The van der Waals surface area contributed by atoms with E-state index in [1.165, 1.54) is 50.5 Å². The van der Waals surface area contributed by atoms with Gasteiger partial charge in [-0.15, -0.1) is 0 Å². The van der Waals surface area contributed by atoms with Crippen LogP contribution in [0.2, 0.25) is 0 Å². The molecule has 3 heteroatoms. The predicted octanol–water partition coefficient (Wildman–Crippen LogP) is 0.400. The summed E-state index contributed by atoms with van der Waals surface area (Å²) in [6.07, 6.45) is 14.5. The molecular formula is C16H28BrNO. The number of unbranched alkanes of at least 4 members (excludes halogenated alkanes) is 7. The predicted molar refractivity (Wildman–Crippen MR) is 75.4 cm³/mol. The van der Waals surface area contributed by atoms with E-state index in [9.17, 15) is 0 Å². The van der Waals surface area contributed by atoms with Crippen molar-refractivity contribution in [2.45, 2.75) is 64.8 Å². The van der Waals surface area contributed by atoms with Gasteiger partial charge < -0.3 is 22.1 Å². The highest BCUT2D eigenvalue weighted by Crippen LogP contribution is 2.08. The molecule has 0 unspecified atom stereocenters. The molecule has 1 aromatic heterocycles. The average Bonchev–Trinajstić information content (AvgIpc) is 2.37. The highest BCUT2D eigenvalue weighted by molar-refractivity contribution is 5.01. The number of halogens is 1. The first-order valence-corrected chi connectivity index (χ1v) is 7.39. The summed E-state index contributed by atoms with van der Waals surface area (Å²) < 4.78 is 2.29. The van der Waals surface area contributed by atoms with Crippen molar-refractivity contribution in [3.63, 3.8) is 0 Å². The van der Waals surface area contributed by atoms with Crippen molar-refractivity contribution in [1.82, 2.24) is 0 Å². The van der Waals surface area contributed by atoms with Gasteiger partial charge in [0.25, 0.3) is 0 Å². The van der Waals surface area contributed by atoms with Crippen molar-refractivity contribution in [1.29, 1.82) is 0 Å². The summed E-state index contributed by atoms with van der Waals surface area (Å²) in [5, 5.41) is 8.66. The van der Waals surface area contributed by atoms with E-state index in [1.54, 1.807) is 0 Å². The molecule has 0 radical (unpaired) electrons. The van der Waals surface area contributed by atoms with Gasteiger partial charge in [-0.25, -0.2) is 4.57 Å². The van der Waals surface area contributed by atoms with Gasteiger partial charge in [-0.3, -0.25) is 0 Å². The Morgan fingerprint density at radius 2 is 1.53 bits per heavy atom. The lowest BCUT2D eigenvalue weighted by molar-refractivity contribution is -0.697. The molecule has 0 atom stereocenters. The van der Waals surface area contributed by atoms with Crippen LogP contribution in [0, 0.1) is 6.92 Å². The zero-order valence-electron chi connectivity index (χ0n) is 12.2. The third-order valence-electron chi connectivity index (χ3n) is 3.33. The van der Waals surface area contributed by atoms with E-state index >= 15 is 0 Å². The second-order valence-electron chi connectivity index (χ2n) is 5.17. The summed E-state index contributed by atoms with van der Waals surface area (Å²) in [7, 11) is 0. The third kappa shape index (κ3) is 10.1. The second-order valence-corrected chi connectivity index (χ2v) is 5.17. The van der Waals surface area contributed by atoms with Crippen molar-refractivity contribution in [2.75, 3.05) is 6.61 Å². The molecule has 2 nitrogen and oxygen atoms in total.